The van der Waals surface area contributed by atoms with Crippen LogP contribution in [0.2, 0.25) is 0 Å². The highest BCUT2D eigenvalue weighted by Crippen LogP contribution is 2.13. The minimum absolute atomic E-state index is 0.327. The van der Waals surface area contributed by atoms with Crippen molar-refractivity contribution in [2.75, 3.05) is 11.9 Å². The van der Waals surface area contributed by atoms with Crippen LogP contribution in [0.4, 0.5) is 14.9 Å². The number of urea groups is 1. The van der Waals surface area contributed by atoms with Crippen LogP contribution in [0.3, 0.4) is 0 Å². The van der Waals surface area contributed by atoms with Crippen LogP contribution in [0.15, 0.2) is 18.2 Å². The average Bonchev–Trinajstić information content (AvgIpc) is 2.30. The first-order valence-corrected chi connectivity index (χ1v) is 5.11. The number of aliphatic hydroxyl groups is 1. The van der Waals surface area contributed by atoms with Gasteiger partial charge in [0.05, 0.1) is 6.61 Å². The molecule has 0 saturated carbocycles. The van der Waals surface area contributed by atoms with E-state index in [2.05, 4.69) is 10.6 Å². The van der Waals surface area contributed by atoms with E-state index in [1.165, 1.54) is 25.1 Å². The van der Waals surface area contributed by atoms with Crippen LogP contribution >= 0.6 is 0 Å². The van der Waals surface area contributed by atoms with Crippen LogP contribution in [-0.2, 0) is 4.79 Å². The summed E-state index contributed by atoms with van der Waals surface area (Å²) in [5.41, 5.74) is 0.679. The Balaban J connectivity index is 2.64. The smallest absolute Gasteiger partial charge is 0.328 e. The highest BCUT2D eigenvalue weighted by atomic mass is 19.1. The number of aryl methyl sites for hydroxylation is 1. The lowest BCUT2D eigenvalue weighted by atomic mass is 10.2. The molecule has 0 bridgehead atoms. The van der Waals surface area contributed by atoms with Gasteiger partial charge in [-0.15, -0.1) is 0 Å². The first-order chi connectivity index (χ1) is 8.43. The van der Waals surface area contributed by atoms with E-state index < -0.39 is 30.5 Å². The van der Waals surface area contributed by atoms with E-state index >= 15 is 0 Å². The van der Waals surface area contributed by atoms with Gasteiger partial charge in [0.2, 0.25) is 0 Å². The van der Waals surface area contributed by atoms with E-state index in [4.69, 9.17) is 10.2 Å². The Morgan fingerprint density at radius 1 is 1.44 bits per heavy atom. The molecule has 4 N–H and O–H groups in total. The van der Waals surface area contributed by atoms with Crippen LogP contribution in [0, 0.1) is 12.7 Å². The number of rotatable bonds is 4. The molecule has 0 unspecified atom stereocenters. The average molecular weight is 256 g/mol. The number of nitrogens with one attached hydrogen (secondary N) is 2. The molecule has 0 aliphatic heterocycles. The predicted octanol–water partition coefficient (Wildman–Crippen LogP) is 0.701. The largest absolute Gasteiger partial charge is 0.480 e. The van der Waals surface area contributed by atoms with Crippen molar-refractivity contribution in [2.24, 2.45) is 0 Å². The van der Waals surface area contributed by atoms with Gasteiger partial charge < -0.3 is 20.8 Å². The molecular formula is C11H13FN2O4. The van der Waals surface area contributed by atoms with Gasteiger partial charge in [0.25, 0.3) is 0 Å². The molecule has 2 amide bonds. The number of carboxylic acids is 1. The number of halogens is 1. The number of hydrogen-bond donors (Lipinski definition) is 4. The van der Waals surface area contributed by atoms with E-state index in [1.807, 2.05) is 0 Å². The number of carbonyl (C=O) groups excluding carboxylic acids is 1. The minimum atomic E-state index is -1.38. The Hall–Kier alpha value is -2.15. The number of benzene rings is 1. The van der Waals surface area contributed by atoms with Gasteiger partial charge in [-0.25, -0.2) is 14.0 Å². The maximum Gasteiger partial charge on any atom is 0.328 e. The summed E-state index contributed by atoms with van der Waals surface area (Å²) in [7, 11) is 0. The number of carbonyl (C=O) groups is 2. The zero-order chi connectivity index (χ0) is 13.7. The fourth-order valence-corrected chi connectivity index (χ4v) is 1.23. The molecule has 0 aromatic heterocycles. The molecule has 0 radical (unpaired) electrons. The Morgan fingerprint density at radius 2 is 2.11 bits per heavy atom. The SMILES string of the molecule is Cc1cc(NC(=O)N[C@@H](CO)C(=O)O)ccc1F. The molecule has 0 aliphatic carbocycles. The van der Waals surface area contributed by atoms with Crippen molar-refractivity contribution in [3.05, 3.63) is 29.6 Å². The van der Waals surface area contributed by atoms with Crippen molar-refractivity contribution in [3.8, 4) is 0 Å². The summed E-state index contributed by atoms with van der Waals surface area (Å²) in [5.74, 6) is -1.75. The number of aliphatic hydroxyl groups excluding tert-OH is 1. The third kappa shape index (κ3) is 3.70. The van der Waals surface area contributed by atoms with Crippen LogP contribution in [0.25, 0.3) is 0 Å². The number of anilines is 1. The summed E-state index contributed by atoms with van der Waals surface area (Å²) in [6.45, 7) is 0.817. The second-order valence-corrected chi connectivity index (χ2v) is 3.64. The summed E-state index contributed by atoms with van der Waals surface area (Å²) in [4.78, 5) is 22.0. The molecule has 6 nitrogen and oxygen atoms in total. The lowest BCUT2D eigenvalue weighted by Gasteiger charge is -2.12. The molecular weight excluding hydrogens is 243 g/mol. The van der Waals surface area contributed by atoms with E-state index in [-0.39, 0.29) is 0 Å². The molecule has 0 heterocycles. The summed E-state index contributed by atoms with van der Waals surface area (Å²) in [5, 5.41) is 21.7. The van der Waals surface area contributed by atoms with Crippen LogP contribution in [-0.4, -0.2) is 34.9 Å². The molecule has 0 saturated heterocycles. The zero-order valence-electron chi connectivity index (χ0n) is 9.61. The second kappa shape index (κ2) is 5.97. The van der Waals surface area contributed by atoms with Crippen LogP contribution < -0.4 is 10.6 Å². The molecule has 1 rings (SSSR count). The lowest BCUT2D eigenvalue weighted by Crippen LogP contribution is -2.45. The Morgan fingerprint density at radius 3 is 2.61 bits per heavy atom. The lowest BCUT2D eigenvalue weighted by molar-refractivity contribution is -0.140. The maximum absolute atomic E-state index is 13.0. The van der Waals surface area contributed by atoms with Gasteiger partial charge in [0.1, 0.15) is 5.82 Å². The van der Waals surface area contributed by atoms with Crippen LogP contribution in [0.1, 0.15) is 5.56 Å². The fourth-order valence-electron chi connectivity index (χ4n) is 1.23. The van der Waals surface area contributed by atoms with Gasteiger partial charge in [0, 0.05) is 5.69 Å². The predicted molar refractivity (Wildman–Crippen MR) is 61.8 cm³/mol. The van der Waals surface area contributed by atoms with Gasteiger partial charge in [-0.3, -0.25) is 0 Å². The quantitative estimate of drug-likeness (QED) is 0.637. The Kier molecular flexibility index (Phi) is 4.61. The molecule has 1 aromatic rings. The molecule has 0 spiro atoms. The standard InChI is InChI=1S/C11H13FN2O4/c1-6-4-7(2-3-8(6)12)13-11(18)14-9(5-15)10(16)17/h2-4,9,15H,5H2,1H3,(H,16,17)(H2,13,14,18)/t9-/m0/s1. The molecule has 98 valence electrons. The maximum atomic E-state index is 13.0. The third-order valence-corrected chi connectivity index (χ3v) is 2.20. The molecule has 1 atom stereocenters. The number of carboxylic acid groups (broad SMARTS) is 1. The molecule has 18 heavy (non-hydrogen) atoms. The van der Waals surface area contributed by atoms with Gasteiger partial charge in [-0.05, 0) is 30.7 Å². The summed E-state index contributed by atoms with van der Waals surface area (Å²) < 4.78 is 13.0. The summed E-state index contributed by atoms with van der Waals surface area (Å²) in [6.07, 6.45) is 0. The first kappa shape index (κ1) is 13.9. The summed E-state index contributed by atoms with van der Waals surface area (Å²) in [6, 6.07) is 1.76. The van der Waals surface area contributed by atoms with Crippen LogP contribution in [0.5, 0.6) is 0 Å². The van der Waals surface area contributed by atoms with Crippen molar-refractivity contribution < 1.29 is 24.2 Å². The van der Waals surface area contributed by atoms with Crippen molar-refractivity contribution in [3.63, 3.8) is 0 Å². The molecule has 1 aromatic carbocycles. The third-order valence-electron chi connectivity index (χ3n) is 2.20. The van der Waals surface area contributed by atoms with E-state index in [1.54, 1.807) is 0 Å². The topological polar surface area (TPSA) is 98.7 Å². The van der Waals surface area contributed by atoms with Crippen molar-refractivity contribution in [1.29, 1.82) is 0 Å². The van der Waals surface area contributed by atoms with Gasteiger partial charge in [0.15, 0.2) is 6.04 Å². The number of aliphatic carboxylic acids is 1. The Bertz CT molecular complexity index is 464. The van der Waals surface area contributed by atoms with Crippen molar-refractivity contribution in [2.45, 2.75) is 13.0 Å². The van der Waals surface area contributed by atoms with E-state index in [9.17, 15) is 14.0 Å². The number of amides is 2. The minimum Gasteiger partial charge on any atom is -0.480 e. The van der Waals surface area contributed by atoms with Crippen molar-refractivity contribution in [1.82, 2.24) is 5.32 Å². The first-order valence-electron chi connectivity index (χ1n) is 5.11. The monoisotopic (exact) mass is 256 g/mol. The highest BCUT2D eigenvalue weighted by molar-refractivity contribution is 5.92. The highest BCUT2D eigenvalue weighted by Gasteiger charge is 2.18. The van der Waals surface area contributed by atoms with Crippen molar-refractivity contribution >= 4 is 17.7 Å². The number of hydrogen-bond acceptors (Lipinski definition) is 3. The van der Waals surface area contributed by atoms with Gasteiger partial charge >= 0.3 is 12.0 Å². The van der Waals surface area contributed by atoms with E-state index in [0.29, 0.717) is 11.3 Å². The normalized spacial score (nSPS) is 11.7. The fraction of sp³-hybridized carbons (Fsp3) is 0.273. The second-order valence-electron chi connectivity index (χ2n) is 3.64. The molecule has 0 aliphatic rings. The Labute approximate surface area is 102 Å². The van der Waals surface area contributed by atoms with Gasteiger partial charge in [-0.2, -0.15) is 0 Å². The molecule has 7 heteroatoms. The van der Waals surface area contributed by atoms with Gasteiger partial charge in [-0.1, -0.05) is 0 Å². The summed E-state index contributed by atoms with van der Waals surface area (Å²) >= 11 is 0. The molecule has 0 fully saturated rings. The zero-order valence-corrected chi connectivity index (χ0v) is 9.61. The van der Waals surface area contributed by atoms with E-state index in [0.717, 1.165) is 0 Å².